The summed E-state index contributed by atoms with van der Waals surface area (Å²) in [5.41, 5.74) is 0. The molecule has 0 aliphatic carbocycles. The molecule has 0 aliphatic rings. The van der Waals surface area contributed by atoms with Crippen LogP contribution in [0.2, 0.25) is 0 Å². The minimum Gasteiger partial charge on any atom is -0.549 e. The molecule has 6 aromatic rings. The third kappa shape index (κ3) is 10.8. The van der Waals surface area contributed by atoms with Crippen molar-refractivity contribution in [3.8, 4) is 0 Å². The monoisotopic (exact) mass is 670 g/mol. The first-order chi connectivity index (χ1) is 23.5. The maximum atomic E-state index is 10.00. The highest BCUT2D eigenvalue weighted by molar-refractivity contribution is 7.97. The fourth-order valence-electron chi connectivity index (χ4n) is 4.78. The van der Waals surface area contributed by atoms with E-state index >= 15 is 0 Å². The molecular weight excluding hydrogens is 633 g/mol. The van der Waals surface area contributed by atoms with Crippen molar-refractivity contribution in [1.82, 2.24) is 0 Å². The Morgan fingerprint density at radius 2 is 0.604 bits per heavy atom. The Hall–Kier alpha value is -5.04. The van der Waals surface area contributed by atoms with Crippen LogP contribution in [0.1, 0.15) is 19.8 Å². The maximum Gasteiger partial charge on any atom is 0.166 e. The van der Waals surface area contributed by atoms with Gasteiger partial charge in [0.2, 0.25) is 0 Å². The number of carboxylic acid groups (broad SMARTS) is 2. The van der Waals surface area contributed by atoms with Gasteiger partial charge in [-0.05, 0) is 79.2 Å². The average Bonchev–Trinajstić information content (AvgIpc) is 3.14. The summed E-state index contributed by atoms with van der Waals surface area (Å²) in [4.78, 5) is 28.2. The second-order valence-electron chi connectivity index (χ2n) is 10.5. The van der Waals surface area contributed by atoms with Gasteiger partial charge >= 0.3 is 0 Å². The number of benzene rings is 6. The molecule has 0 saturated carbocycles. The molecule has 0 heterocycles. The minimum atomic E-state index is -1.57. The topological polar surface area (TPSA) is 80.3 Å². The number of rotatable bonds is 10. The molecule has 48 heavy (non-hydrogen) atoms. The van der Waals surface area contributed by atoms with Crippen molar-refractivity contribution in [3.63, 3.8) is 0 Å². The van der Waals surface area contributed by atoms with Crippen molar-refractivity contribution in [3.05, 3.63) is 182 Å². The van der Waals surface area contributed by atoms with E-state index in [2.05, 4.69) is 182 Å². The predicted molar refractivity (Wildman–Crippen MR) is 191 cm³/mol. The molecule has 6 heteroatoms. The molecule has 0 unspecified atom stereocenters. The molecule has 0 amide bonds. The number of hydrogen-bond donors (Lipinski definition) is 0. The van der Waals surface area contributed by atoms with Gasteiger partial charge in [-0.15, -0.1) is 0 Å². The zero-order valence-corrected chi connectivity index (χ0v) is 28.4. The van der Waals surface area contributed by atoms with Gasteiger partial charge < -0.3 is 19.8 Å². The van der Waals surface area contributed by atoms with E-state index in [0.717, 1.165) is 0 Å². The van der Waals surface area contributed by atoms with E-state index in [9.17, 15) is 19.8 Å². The van der Waals surface area contributed by atoms with E-state index < -0.39 is 17.9 Å². The Kier molecular flexibility index (Phi) is 14.6. The van der Waals surface area contributed by atoms with Crippen molar-refractivity contribution < 1.29 is 19.8 Å². The van der Waals surface area contributed by atoms with Gasteiger partial charge in [-0.1, -0.05) is 123 Å². The van der Waals surface area contributed by atoms with Crippen molar-refractivity contribution in [2.45, 2.75) is 49.1 Å². The van der Waals surface area contributed by atoms with Crippen LogP contribution in [0, 0.1) is 5.92 Å². The summed E-state index contributed by atoms with van der Waals surface area (Å²) < 4.78 is 0. The number of carbonyl (C=O) groups is 2. The molecule has 0 radical (unpaired) electrons. The van der Waals surface area contributed by atoms with Gasteiger partial charge in [-0.3, -0.25) is 0 Å². The normalized spacial score (nSPS) is 10.4. The fourth-order valence-corrected chi connectivity index (χ4v) is 8.99. The van der Waals surface area contributed by atoms with E-state index in [4.69, 9.17) is 0 Å². The zero-order valence-electron chi connectivity index (χ0n) is 26.8. The van der Waals surface area contributed by atoms with Crippen LogP contribution in [-0.2, 0) is 31.4 Å². The molecule has 0 spiro atoms. The van der Waals surface area contributed by atoms with Crippen molar-refractivity contribution >= 4 is 33.7 Å². The van der Waals surface area contributed by atoms with Crippen molar-refractivity contribution in [2.24, 2.45) is 5.92 Å². The number of aliphatic carboxylic acids is 2. The van der Waals surface area contributed by atoms with Crippen LogP contribution < -0.4 is 10.2 Å². The van der Waals surface area contributed by atoms with Crippen molar-refractivity contribution in [1.29, 1.82) is 0 Å². The molecule has 0 N–H and O–H groups in total. The molecular formula is C42H38O4S2. The van der Waals surface area contributed by atoms with Gasteiger partial charge in [-0.25, -0.2) is 0 Å². The first-order valence-corrected chi connectivity index (χ1v) is 18.1. The molecule has 0 atom stereocenters. The van der Waals surface area contributed by atoms with Crippen molar-refractivity contribution in [2.75, 3.05) is 0 Å². The van der Waals surface area contributed by atoms with Crippen LogP contribution in [-0.4, -0.2) is 11.9 Å². The van der Waals surface area contributed by atoms with E-state index in [0.29, 0.717) is 6.42 Å². The summed E-state index contributed by atoms with van der Waals surface area (Å²) in [7, 11) is -0.0293. The van der Waals surface area contributed by atoms with E-state index in [1.54, 1.807) is 6.92 Å². The maximum absolute atomic E-state index is 10.00. The second kappa shape index (κ2) is 19.6. The van der Waals surface area contributed by atoms with Crippen LogP contribution >= 0.6 is 0 Å². The van der Waals surface area contributed by atoms with Crippen LogP contribution in [0.25, 0.3) is 0 Å². The highest BCUT2D eigenvalue weighted by Crippen LogP contribution is 2.31. The van der Waals surface area contributed by atoms with E-state index in [1.807, 2.05) is 0 Å². The van der Waals surface area contributed by atoms with Gasteiger partial charge in [-0.2, -0.15) is 0 Å². The van der Waals surface area contributed by atoms with Crippen LogP contribution in [0.15, 0.2) is 211 Å². The van der Waals surface area contributed by atoms with Crippen LogP contribution in [0.3, 0.4) is 0 Å². The summed E-state index contributed by atoms with van der Waals surface area (Å²) >= 11 is 0. The van der Waals surface area contributed by atoms with Crippen LogP contribution in [0.4, 0.5) is 0 Å². The molecule has 6 aromatic carbocycles. The van der Waals surface area contributed by atoms with Gasteiger partial charge in [0.05, 0.1) is 33.7 Å². The standard InChI is InChI=1S/2C18H15S.C6H10O4/c2*1-4-10-16(11-5-1)19(17-12-6-2-7-13-17)18-14-8-3-9-15-18;1-2-3-4(5(7)8)6(9)10/h2*1-15H;4H,2-3H2,1H3,(H,7,8)(H,9,10)/q2*+1;/p-2. The van der Waals surface area contributed by atoms with E-state index in [-0.39, 0.29) is 28.2 Å². The Morgan fingerprint density at radius 3 is 0.729 bits per heavy atom. The first-order valence-electron chi connectivity index (χ1n) is 15.7. The summed E-state index contributed by atoms with van der Waals surface area (Å²) in [5, 5.41) is 20.0. The summed E-state index contributed by atoms with van der Waals surface area (Å²) in [6.45, 7) is 1.69. The molecule has 0 aliphatic heterocycles. The first kappa shape index (κ1) is 35.8. The summed E-state index contributed by atoms with van der Waals surface area (Å²) in [6.07, 6.45) is 0.567. The highest BCUT2D eigenvalue weighted by atomic mass is 32.2. The third-order valence-corrected chi connectivity index (χ3v) is 11.5. The van der Waals surface area contributed by atoms with Gasteiger partial charge in [0.1, 0.15) is 0 Å². The SMILES string of the molecule is CCCC(C(=O)[O-])C(=O)[O-].c1ccc([S+](c2ccccc2)c2ccccc2)cc1.c1ccc([S+](c2ccccc2)c2ccccc2)cc1. The Morgan fingerprint density at radius 1 is 0.417 bits per heavy atom. The molecule has 0 bridgehead atoms. The molecule has 0 aromatic heterocycles. The summed E-state index contributed by atoms with van der Waals surface area (Å²) in [6, 6.07) is 64.3. The lowest BCUT2D eigenvalue weighted by molar-refractivity contribution is -0.332. The zero-order chi connectivity index (χ0) is 34.0. The Labute approximate surface area is 289 Å². The number of carbonyl (C=O) groups excluding carboxylic acids is 2. The highest BCUT2D eigenvalue weighted by Gasteiger charge is 2.28. The molecule has 0 saturated heterocycles. The molecule has 242 valence electrons. The second-order valence-corrected chi connectivity index (χ2v) is 14.5. The number of hydrogen-bond acceptors (Lipinski definition) is 4. The summed E-state index contributed by atoms with van der Waals surface area (Å²) in [5.74, 6) is -4.59. The lowest BCUT2D eigenvalue weighted by Crippen LogP contribution is -2.43. The predicted octanol–water partition coefficient (Wildman–Crippen LogP) is 7.47. The van der Waals surface area contributed by atoms with Crippen LogP contribution in [0.5, 0.6) is 0 Å². The fraction of sp³-hybridized carbons (Fsp3) is 0.0952. The molecule has 6 rings (SSSR count). The van der Waals surface area contributed by atoms with Gasteiger partial charge in [0.25, 0.3) is 0 Å². The van der Waals surface area contributed by atoms with Gasteiger partial charge in [0, 0.05) is 5.92 Å². The number of carboxylic acids is 2. The quantitative estimate of drug-likeness (QED) is 0.112. The third-order valence-electron chi connectivity index (χ3n) is 7.02. The van der Waals surface area contributed by atoms with E-state index in [1.165, 1.54) is 29.4 Å². The minimum absolute atomic E-state index is 0.0146. The Balaban J connectivity index is 0.000000172. The molecule has 4 nitrogen and oxygen atoms in total. The lowest BCUT2D eigenvalue weighted by atomic mass is 10.1. The molecule has 0 fully saturated rings. The average molecular weight is 671 g/mol. The largest absolute Gasteiger partial charge is 0.549 e. The Bertz CT molecular complexity index is 1450. The lowest BCUT2D eigenvalue weighted by Gasteiger charge is -2.17. The van der Waals surface area contributed by atoms with Gasteiger partial charge in [0.15, 0.2) is 29.4 Å². The smallest absolute Gasteiger partial charge is 0.166 e.